The molecule has 3 heterocycles. The molecule has 2 aliphatic heterocycles. The maximum atomic E-state index is 12.6. The third-order valence-electron chi connectivity index (χ3n) is 4.69. The number of ether oxygens (including phenoxy) is 2. The van der Waals surface area contributed by atoms with Gasteiger partial charge in [-0.1, -0.05) is 6.07 Å². The number of nitrogens with zero attached hydrogens (tertiary/aromatic N) is 1. The lowest BCUT2D eigenvalue weighted by atomic mass is 9.99. The van der Waals surface area contributed by atoms with Crippen LogP contribution in [-0.4, -0.2) is 24.0 Å². The second-order valence-electron chi connectivity index (χ2n) is 6.78. The fraction of sp³-hybridized carbons (Fsp3) is 0.350. The van der Waals surface area contributed by atoms with E-state index in [9.17, 15) is 4.79 Å². The van der Waals surface area contributed by atoms with E-state index in [2.05, 4.69) is 22.4 Å². The van der Waals surface area contributed by atoms with E-state index in [1.54, 1.807) is 11.3 Å². The van der Waals surface area contributed by atoms with E-state index in [-0.39, 0.29) is 5.78 Å². The summed E-state index contributed by atoms with van der Waals surface area (Å²) in [6, 6.07) is 6.20. The van der Waals surface area contributed by atoms with Crippen molar-refractivity contribution in [3.8, 4) is 11.5 Å². The molecular weight excluding hydrogens is 334 g/mol. The lowest BCUT2D eigenvalue weighted by molar-refractivity contribution is 0.0956. The summed E-state index contributed by atoms with van der Waals surface area (Å²) in [5, 5.41) is 2.11. The van der Waals surface area contributed by atoms with Gasteiger partial charge in [0.2, 0.25) is 5.78 Å². The van der Waals surface area contributed by atoms with E-state index in [0.29, 0.717) is 23.8 Å². The van der Waals surface area contributed by atoms with Gasteiger partial charge >= 0.3 is 0 Å². The first kappa shape index (κ1) is 16.4. The summed E-state index contributed by atoms with van der Waals surface area (Å²) in [6.45, 7) is 8.09. The molecule has 0 fully saturated rings. The molecule has 0 saturated heterocycles. The number of allylic oxidation sites excluding steroid dienone is 2. The zero-order chi connectivity index (χ0) is 17.6. The van der Waals surface area contributed by atoms with Crippen molar-refractivity contribution in [3.63, 3.8) is 0 Å². The molecule has 0 bridgehead atoms. The van der Waals surface area contributed by atoms with Crippen molar-refractivity contribution < 1.29 is 14.3 Å². The number of carbonyl (C=O) groups is 1. The number of carbonyl (C=O) groups excluding carboxylic acids is 1. The Bertz CT molecular complexity index is 864. The fourth-order valence-electron chi connectivity index (χ4n) is 3.38. The van der Waals surface area contributed by atoms with Crippen molar-refractivity contribution in [1.29, 1.82) is 0 Å². The Morgan fingerprint density at radius 3 is 2.88 bits per heavy atom. The van der Waals surface area contributed by atoms with Crippen LogP contribution in [0, 0.1) is 6.92 Å². The van der Waals surface area contributed by atoms with Crippen molar-refractivity contribution in [2.45, 2.75) is 33.7 Å². The van der Waals surface area contributed by atoms with E-state index in [0.717, 1.165) is 42.0 Å². The minimum absolute atomic E-state index is 0.0170. The van der Waals surface area contributed by atoms with Gasteiger partial charge in [0.05, 0.1) is 5.56 Å². The standard InChI is InChI=1S/C20H21NO3S/c1-12(2)18-17(22)16-9-14-10-21(7-6-15-5-4-8-25-15)11-23-19(14)13(3)20(16)24-18/h4-5,8-9H,6-7,10-11H2,1-3H3. The predicted octanol–water partition coefficient (Wildman–Crippen LogP) is 4.32. The number of hydrogen-bond acceptors (Lipinski definition) is 5. The van der Waals surface area contributed by atoms with E-state index < -0.39 is 0 Å². The highest BCUT2D eigenvalue weighted by Gasteiger charge is 2.34. The monoisotopic (exact) mass is 355 g/mol. The minimum Gasteiger partial charge on any atom is -0.477 e. The van der Waals surface area contributed by atoms with Gasteiger partial charge in [-0.2, -0.15) is 0 Å². The predicted molar refractivity (Wildman–Crippen MR) is 98.4 cm³/mol. The van der Waals surface area contributed by atoms with Crippen LogP contribution in [-0.2, 0) is 13.0 Å². The molecule has 5 heteroatoms. The number of Topliss-reactive ketones (excluding diaryl/α,β-unsaturated/α-hetero) is 1. The number of ketones is 1. The molecule has 25 heavy (non-hydrogen) atoms. The Balaban J connectivity index is 1.59. The molecule has 2 aromatic rings. The van der Waals surface area contributed by atoms with Gasteiger partial charge in [0.15, 0.2) is 5.76 Å². The highest BCUT2D eigenvalue weighted by molar-refractivity contribution is 7.09. The van der Waals surface area contributed by atoms with Crippen molar-refractivity contribution in [2.75, 3.05) is 13.3 Å². The van der Waals surface area contributed by atoms with Gasteiger partial charge in [0, 0.05) is 29.1 Å². The third-order valence-corrected chi connectivity index (χ3v) is 5.62. The number of fused-ring (bicyclic) bond motifs is 2. The first-order chi connectivity index (χ1) is 12.0. The molecule has 0 atom stereocenters. The Morgan fingerprint density at radius 2 is 2.16 bits per heavy atom. The zero-order valence-corrected chi connectivity index (χ0v) is 15.5. The molecule has 0 unspecified atom stereocenters. The second kappa shape index (κ2) is 6.32. The average Bonchev–Trinajstić information content (AvgIpc) is 3.22. The van der Waals surface area contributed by atoms with Crippen LogP contribution in [0.1, 0.15) is 40.2 Å². The first-order valence-corrected chi connectivity index (χ1v) is 9.36. The van der Waals surface area contributed by atoms with Gasteiger partial charge in [0.25, 0.3) is 0 Å². The van der Waals surface area contributed by atoms with Gasteiger partial charge in [0.1, 0.15) is 18.2 Å². The Hall–Kier alpha value is -2.11. The molecule has 130 valence electrons. The van der Waals surface area contributed by atoms with Crippen LogP contribution in [0.2, 0.25) is 0 Å². The summed E-state index contributed by atoms with van der Waals surface area (Å²) in [6.07, 6.45) is 1.02. The molecule has 2 aliphatic rings. The van der Waals surface area contributed by atoms with Crippen LogP contribution in [0.5, 0.6) is 11.5 Å². The van der Waals surface area contributed by atoms with Gasteiger partial charge in [-0.05, 0) is 50.3 Å². The topological polar surface area (TPSA) is 38.8 Å². The van der Waals surface area contributed by atoms with Crippen molar-refractivity contribution in [1.82, 2.24) is 4.90 Å². The van der Waals surface area contributed by atoms with Crippen molar-refractivity contribution in [2.24, 2.45) is 0 Å². The normalized spacial score (nSPS) is 16.3. The van der Waals surface area contributed by atoms with Crippen LogP contribution in [0.3, 0.4) is 0 Å². The Kier molecular flexibility index (Phi) is 4.13. The highest BCUT2D eigenvalue weighted by Crippen LogP contribution is 2.43. The number of benzene rings is 1. The molecule has 1 aromatic carbocycles. The van der Waals surface area contributed by atoms with Crippen molar-refractivity contribution in [3.05, 3.63) is 56.5 Å². The van der Waals surface area contributed by atoms with Gasteiger partial charge in [-0.3, -0.25) is 9.69 Å². The molecule has 0 spiro atoms. The second-order valence-corrected chi connectivity index (χ2v) is 7.81. The Labute approximate surface area is 151 Å². The minimum atomic E-state index is -0.0170. The number of rotatable bonds is 3. The quantitative estimate of drug-likeness (QED) is 0.769. The lowest BCUT2D eigenvalue weighted by Crippen LogP contribution is -2.34. The van der Waals surface area contributed by atoms with Crippen LogP contribution >= 0.6 is 11.3 Å². The average molecular weight is 355 g/mol. The summed E-state index contributed by atoms with van der Waals surface area (Å²) in [7, 11) is 0. The van der Waals surface area contributed by atoms with Gasteiger partial charge in [-0.15, -0.1) is 11.3 Å². The van der Waals surface area contributed by atoms with E-state index >= 15 is 0 Å². The lowest BCUT2D eigenvalue weighted by Gasteiger charge is -2.30. The number of thiophene rings is 1. The maximum Gasteiger partial charge on any atom is 0.231 e. The summed E-state index contributed by atoms with van der Waals surface area (Å²) < 4.78 is 11.9. The van der Waals surface area contributed by atoms with Crippen LogP contribution in [0.4, 0.5) is 0 Å². The van der Waals surface area contributed by atoms with Crippen LogP contribution < -0.4 is 9.47 Å². The zero-order valence-electron chi connectivity index (χ0n) is 14.7. The summed E-state index contributed by atoms with van der Waals surface area (Å²) in [4.78, 5) is 16.3. The highest BCUT2D eigenvalue weighted by atomic mass is 32.1. The number of hydrogen-bond donors (Lipinski definition) is 0. The molecule has 0 amide bonds. The first-order valence-electron chi connectivity index (χ1n) is 8.48. The molecule has 1 aromatic heterocycles. The summed E-state index contributed by atoms with van der Waals surface area (Å²) in [5.41, 5.74) is 3.56. The molecule has 0 aliphatic carbocycles. The van der Waals surface area contributed by atoms with Gasteiger partial charge < -0.3 is 9.47 Å². The van der Waals surface area contributed by atoms with Gasteiger partial charge in [-0.25, -0.2) is 0 Å². The van der Waals surface area contributed by atoms with Crippen LogP contribution in [0.25, 0.3) is 0 Å². The Morgan fingerprint density at radius 1 is 1.32 bits per heavy atom. The van der Waals surface area contributed by atoms with E-state index in [1.807, 2.05) is 26.8 Å². The molecule has 4 rings (SSSR count). The summed E-state index contributed by atoms with van der Waals surface area (Å²) in [5.74, 6) is 1.97. The fourth-order valence-corrected chi connectivity index (χ4v) is 4.08. The molecule has 0 saturated carbocycles. The largest absolute Gasteiger partial charge is 0.477 e. The molecule has 0 radical (unpaired) electrons. The third kappa shape index (κ3) is 2.87. The smallest absolute Gasteiger partial charge is 0.231 e. The van der Waals surface area contributed by atoms with E-state index in [4.69, 9.17) is 9.47 Å². The molecular formula is C20H21NO3S. The molecule has 4 nitrogen and oxygen atoms in total. The van der Waals surface area contributed by atoms with Crippen molar-refractivity contribution >= 4 is 17.1 Å². The summed E-state index contributed by atoms with van der Waals surface area (Å²) >= 11 is 1.79. The maximum absolute atomic E-state index is 12.6. The molecule has 0 N–H and O–H groups in total. The SMILES string of the molecule is CC(C)=C1Oc2c(cc3c(c2C)OCN(CCc2cccs2)C3)C1=O. The van der Waals surface area contributed by atoms with E-state index in [1.165, 1.54) is 4.88 Å². The van der Waals surface area contributed by atoms with Crippen LogP contribution in [0.15, 0.2) is 34.9 Å².